The van der Waals surface area contributed by atoms with Crippen molar-refractivity contribution in [2.45, 2.75) is 25.2 Å². The van der Waals surface area contributed by atoms with Crippen molar-refractivity contribution in [2.75, 3.05) is 0 Å². The van der Waals surface area contributed by atoms with Crippen molar-refractivity contribution >= 4 is 12.6 Å². The molecule has 1 aromatic carbocycles. The standard InChI is InChI=1S/C12H13NO4/c14-9-17-12(6-7-12)13-11(15)16-8-10-4-2-1-3-5-10/h1-5,9H,6-8H2,(H,13,15). The van der Waals surface area contributed by atoms with Gasteiger partial charge in [-0.25, -0.2) is 4.79 Å². The largest absolute Gasteiger partial charge is 0.445 e. The Morgan fingerprint density at radius 2 is 2.06 bits per heavy atom. The minimum atomic E-state index is -0.824. The average Bonchev–Trinajstić information content (AvgIpc) is 3.08. The molecule has 0 spiro atoms. The second kappa shape index (κ2) is 4.86. The van der Waals surface area contributed by atoms with Crippen molar-refractivity contribution in [1.82, 2.24) is 5.32 Å². The summed E-state index contributed by atoms with van der Waals surface area (Å²) in [5.74, 6) is 0. The van der Waals surface area contributed by atoms with Crippen LogP contribution in [0.2, 0.25) is 0 Å². The molecule has 1 aliphatic rings. The molecular weight excluding hydrogens is 222 g/mol. The number of carbonyl (C=O) groups excluding carboxylic acids is 2. The lowest BCUT2D eigenvalue weighted by atomic mass is 10.2. The molecule has 0 saturated heterocycles. The number of benzene rings is 1. The molecule has 1 aliphatic carbocycles. The van der Waals surface area contributed by atoms with Gasteiger partial charge >= 0.3 is 6.09 Å². The van der Waals surface area contributed by atoms with Crippen LogP contribution < -0.4 is 5.32 Å². The first-order chi connectivity index (χ1) is 8.24. The Balaban J connectivity index is 1.77. The number of rotatable bonds is 5. The van der Waals surface area contributed by atoms with Crippen molar-refractivity contribution in [1.29, 1.82) is 0 Å². The predicted molar refractivity (Wildman–Crippen MR) is 58.9 cm³/mol. The van der Waals surface area contributed by atoms with Crippen LogP contribution in [0.5, 0.6) is 0 Å². The normalized spacial score (nSPS) is 15.8. The molecule has 1 fully saturated rings. The van der Waals surface area contributed by atoms with E-state index in [-0.39, 0.29) is 6.61 Å². The number of carbonyl (C=O) groups is 2. The number of hydrogen-bond donors (Lipinski definition) is 1. The topological polar surface area (TPSA) is 64.6 Å². The molecule has 1 amide bonds. The van der Waals surface area contributed by atoms with Crippen LogP contribution in [0, 0.1) is 0 Å². The van der Waals surface area contributed by atoms with Crippen LogP contribution in [0.25, 0.3) is 0 Å². The molecule has 0 radical (unpaired) electrons. The summed E-state index contributed by atoms with van der Waals surface area (Å²) in [4.78, 5) is 21.6. The first-order valence-electron chi connectivity index (χ1n) is 5.34. The zero-order valence-corrected chi connectivity index (χ0v) is 9.22. The van der Waals surface area contributed by atoms with E-state index in [1.54, 1.807) is 0 Å². The van der Waals surface area contributed by atoms with Crippen LogP contribution in [0.15, 0.2) is 30.3 Å². The molecule has 17 heavy (non-hydrogen) atoms. The van der Waals surface area contributed by atoms with E-state index in [0.717, 1.165) is 5.56 Å². The van der Waals surface area contributed by atoms with Gasteiger partial charge < -0.3 is 9.47 Å². The maximum Gasteiger partial charge on any atom is 0.410 e. The molecule has 0 bridgehead atoms. The molecule has 0 unspecified atom stereocenters. The first-order valence-corrected chi connectivity index (χ1v) is 5.34. The summed E-state index contributed by atoms with van der Waals surface area (Å²) < 4.78 is 9.77. The lowest BCUT2D eigenvalue weighted by Gasteiger charge is -2.14. The smallest absolute Gasteiger partial charge is 0.410 e. The van der Waals surface area contributed by atoms with E-state index in [9.17, 15) is 9.59 Å². The summed E-state index contributed by atoms with van der Waals surface area (Å²) >= 11 is 0. The Kier molecular flexibility index (Phi) is 3.27. The number of ether oxygens (including phenoxy) is 2. The van der Waals surface area contributed by atoms with E-state index in [4.69, 9.17) is 9.47 Å². The molecular formula is C12H13NO4. The average molecular weight is 235 g/mol. The molecule has 1 N–H and O–H groups in total. The maximum atomic E-state index is 11.4. The number of hydrogen-bond acceptors (Lipinski definition) is 4. The molecule has 2 rings (SSSR count). The van der Waals surface area contributed by atoms with Gasteiger partial charge in [0.15, 0.2) is 5.72 Å². The Labute approximate surface area is 98.7 Å². The molecule has 0 aliphatic heterocycles. The van der Waals surface area contributed by atoms with Gasteiger partial charge in [-0.05, 0) is 5.56 Å². The highest BCUT2D eigenvalue weighted by Crippen LogP contribution is 2.35. The zero-order valence-electron chi connectivity index (χ0n) is 9.22. The number of amides is 1. The molecule has 1 saturated carbocycles. The van der Waals surface area contributed by atoms with Crippen LogP contribution in [0.1, 0.15) is 18.4 Å². The second-order valence-electron chi connectivity index (χ2n) is 3.90. The Morgan fingerprint density at radius 3 is 2.65 bits per heavy atom. The summed E-state index contributed by atoms with van der Waals surface area (Å²) in [5, 5.41) is 2.52. The van der Waals surface area contributed by atoms with E-state index in [1.807, 2.05) is 30.3 Å². The van der Waals surface area contributed by atoms with Gasteiger partial charge in [0.25, 0.3) is 6.47 Å². The van der Waals surface area contributed by atoms with E-state index < -0.39 is 11.8 Å². The Morgan fingerprint density at radius 1 is 1.35 bits per heavy atom. The van der Waals surface area contributed by atoms with Gasteiger partial charge in [0.1, 0.15) is 6.61 Å². The highest BCUT2D eigenvalue weighted by molar-refractivity contribution is 5.69. The highest BCUT2D eigenvalue weighted by atomic mass is 16.6. The third-order valence-corrected chi connectivity index (χ3v) is 2.52. The van der Waals surface area contributed by atoms with Gasteiger partial charge in [0.2, 0.25) is 0 Å². The summed E-state index contributed by atoms with van der Waals surface area (Å²) in [6.45, 7) is 0.536. The molecule has 90 valence electrons. The SMILES string of the molecule is O=COC1(NC(=O)OCc2ccccc2)CC1. The van der Waals surface area contributed by atoms with Crippen LogP contribution in [0.3, 0.4) is 0 Å². The van der Waals surface area contributed by atoms with Crippen molar-refractivity contribution in [2.24, 2.45) is 0 Å². The van der Waals surface area contributed by atoms with Crippen molar-refractivity contribution in [3.63, 3.8) is 0 Å². The van der Waals surface area contributed by atoms with Crippen LogP contribution in [-0.4, -0.2) is 18.3 Å². The molecule has 5 nitrogen and oxygen atoms in total. The highest BCUT2D eigenvalue weighted by Gasteiger charge is 2.47. The third kappa shape index (κ3) is 3.21. The lowest BCUT2D eigenvalue weighted by molar-refractivity contribution is -0.136. The summed E-state index contributed by atoms with van der Waals surface area (Å²) in [6, 6.07) is 9.35. The second-order valence-corrected chi connectivity index (χ2v) is 3.90. The van der Waals surface area contributed by atoms with E-state index in [2.05, 4.69) is 5.32 Å². The third-order valence-electron chi connectivity index (χ3n) is 2.52. The molecule has 1 aromatic rings. The Hall–Kier alpha value is -2.04. The Bertz CT molecular complexity index is 400. The van der Waals surface area contributed by atoms with Crippen LogP contribution >= 0.6 is 0 Å². The van der Waals surface area contributed by atoms with Gasteiger partial charge in [0, 0.05) is 12.8 Å². The summed E-state index contributed by atoms with van der Waals surface area (Å²) in [7, 11) is 0. The van der Waals surface area contributed by atoms with Crippen molar-refractivity contribution in [3.05, 3.63) is 35.9 Å². The van der Waals surface area contributed by atoms with E-state index in [0.29, 0.717) is 19.3 Å². The minimum Gasteiger partial charge on any atom is -0.445 e. The van der Waals surface area contributed by atoms with Gasteiger partial charge in [-0.2, -0.15) is 0 Å². The van der Waals surface area contributed by atoms with Gasteiger partial charge in [-0.1, -0.05) is 30.3 Å². The number of nitrogens with one attached hydrogen (secondary N) is 1. The summed E-state index contributed by atoms with van der Waals surface area (Å²) in [6.07, 6.45) is 0.687. The fourth-order valence-corrected chi connectivity index (χ4v) is 1.42. The van der Waals surface area contributed by atoms with Crippen LogP contribution in [-0.2, 0) is 20.9 Å². The molecule has 0 aromatic heterocycles. The van der Waals surface area contributed by atoms with Gasteiger partial charge in [-0.15, -0.1) is 0 Å². The molecule has 0 heterocycles. The summed E-state index contributed by atoms with van der Waals surface area (Å²) in [5.41, 5.74) is 0.0824. The van der Waals surface area contributed by atoms with Gasteiger partial charge in [0.05, 0.1) is 0 Å². The minimum absolute atomic E-state index is 0.198. The first kappa shape index (κ1) is 11.4. The van der Waals surface area contributed by atoms with Gasteiger partial charge in [-0.3, -0.25) is 10.1 Å². The zero-order chi connectivity index (χ0) is 12.1. The number of alkyl carbamates (subject to hydrolysis) is 1. The molecule has 5 heteroatoms. The lowest BCUT2D eigenvalue weighted by Crippen LogP contribution is -2.39. The maximum absolute atomic E-state index is 11.4. The van der Waals surface area contributed by atoms with Crippen molar-refractivity contribution in [3.8, 4) is 0 Å². The molecule has 0 atom stereocenters. The van der Waals surface area contributed by atoms with Crippen molar-refractivity contribution < 1.29 is 19.1 Å². The predicted octanol–water partition coefficient (Wildman–Crippen LogP) is 1.58. The fourth-order valence-electron chi connectivity index (χ4n) is 1.42. The fraction of sp³-hybridized carbons (Fsp3) is 0.333. The monoisotopic (exact) mass is 235 g/mol. The van der Waals surface area contributed by atoms with E-state index >= 15 is 0 Å². The van der Waals surface area contributed by atoms with Crippen LogP contribution in [0.4, 0.5) is 4.79 Å². The quantitative estimate of drug-likeness (QED) is 0.621. The van der Waals surface area contributed by atoms with E-state index in [1.165, 1.54) is 0 Å².